The number of hydrogen-bond donors (Lipinski definition) is 1. The van der Waals surface area contributed by atoms with Gasteiger partial charge in [0, 0.05) is 24.7 Å². The molecule has 2 aromatic carbocycles. The number of thiophene rings is 1. The summed E-state index contributed by atoms with van der Waals surface area (Å²) in [5, 5.41) is 6.87. The minimum Gasteiger partial charge on any atom is -0.352 e. The summed E-state index contributed by atoms with van der Waals surface area (Å²) >= 11 is 1.25. The minimum atomic E-state index is -3.46. The van der Waals surface area contributed by atoms with E-state index in [-0.39, 0.29) is 11.9 Å². The quantitative estimate of drug-likeness (QED) is 0.638. The van der Waals surface area contributed by atoms with Crippen LogP contribution >= 0.6 is 11.3 Å². The van der Waals surface area contributed by atoms with Crippen LogP contribution in [0.4, 0.5) is 0 Å². The van der Waals surface area contributed by atoms with Crippen LogP contribution in [-0.4, -0.2) is 37.8 Å². The normalized spacial score (nSPS) is 18.0. The van der Waals surface area contributed by atoms with Crippen molar-refractivity contribution in [1.29, 1.82) is 0 Å². The maximum Gasteiger partial charge on any atom is 0.252 e. The fourth-order valence-electron chi connectivity index (χ4n) is 3.89. The van der Waals surface area contributed by atoms with Gasteiger partial charge in [-0.2, -0.15) is 4.31 Å². The molecule has 1 aliphatic heterocycles. The van der Waals surface area contributed by atoms with Crippen LogP contribution in [0.2, 0.25) is 0 Å². The molecule has 0 spiro atoms. The zero-order valence-corrected chi connectivity index (χ0v) is 17.7. The Labute approximate surface area is 175 Å². The Hall–Kier alpha value is -2.22. The summed E-state index contributed by atoms with van der Waals surface area (Å²) in [5.74, 6) is -0.126. The minimum absolute atomic E-state index is 0.0762. The number of fused-ring (bicyclic) bond motifs is 1. The molecule has 0 aliphatic carbocycles. The number of sulfonamides is 1. The van der Waals surface area contributed by atoms with E-state index in [1.807, 2.05) is 42.5 Å². The lowest BCUT2D eigenvalue weighted by atomic mass is 10.0. The molecule has 1 unspecified atom stereocenters. The Morgan fingerprint density at radius 1 is 1.07 bits per heavy atom. The largest absolute Gasteiger partial charge is 0.352 e. The van der Waals surface area contributed by atoms with E-state index in [0.717, 1.165) is 30.0 Å². The van der Waals surface area contributed by atoms with Crippen molar-refractivity contribution in [3.8, 4) is 0 Å². The summed E-state index contributed by atoms with van der Waals surface area (Å²) in [6.07, 6.45) is 3.34. The van der Waals surface area contributed by atoms with Crippen molar-refractivity contribution < 1.29 is 13.2 Å². The average molecular weight is 429 g/mol. The number of nitrogens with zero attached hydrogens (tertiary/aromatic N) is 1. The molecule has 1 aliphatic rings. The Bertz CT molecular complexity index is 1090. The van der Waals surface area contributed by atoms with E-state index in [4.69, 9.17) is 0 Å². The highest BCUT2D eigenvalue weighted by atomic mass is 32.2. The summed E-state index contributed by atoms with van der Waals surface area (Å²) in [6.45, 7) is 0.996. The predicted octanol–water partition coefficient (Wildman–Crippen LogP) is 4.26. The van der Waals surface area contributed by atoms with Gasteiger partial charge in [0.05, 0.1) is 0 Å². The molecule has 2 heterocycles. The van der Waals surface area contributed by atoms with E-state index >= 15 is 0 Å². The molecular formula is C22H24N2O3S2. The number of benzene rings is 2. The van der Waals surface area contributed by atoms with Gasteiger partial charge in [0.1, 0.15) is 4.21 Å². The Balaban J connectivity index is 1.40. The second-order valence-electron chi connectivity index (χ2n) is 7.30. The summed E-state index contributed by atoms with van der Waals surface area (Å²) in [6, 6.07) is 16.9. The van der Waals surface area contributed by atoms with Gasteiger partial charge in [0.2, 0.25) is 0 Å². The lowest BCUT2D eigenvalue weighted by molar-refractivity contribution is 0.0949. The molecule has 3 aromatic rings. The van der Waals surface area contributed by atoms with E-state index < -0.39 is 10.0 Å². The molecule has 1 fully saturated rings. The first kappa shape index (κ1) is 20.1. The third kappa shape index (κ3) is 4.37. The van der Waals surface area contributed by atoms with Crippen LogP contribution in [0.5, 0.6) is 0 Å². The zero-order chi connectivity index (χ0) is 20.3. The smallest absolute Gasteiger partial charge is 0.252 e. The second-order valence-corrected chi connectivity index (χ2v) is 10.4. The van der Waals surface area contributed by atoms with Gasteiger partial charge in [-0.3, -0.25) is 4.79 Å². The standard InChI is InChI=1S/C22H24N2O3S2/c25-22(19-11-10-17-6-1-2-7-18(17)16-19)23-13-12-20-8-3-4-14-24(20)29(26,27)21-9-5-15-28-21/h1-2,5-7,9-11,15-16,20H,3-4,8,12-14H2,(H,23,25). The van der Waals surface area contributed by atoms with E-state index in [9.17, 15) is 13.2 Å². The van der Waals surface area contributed by atoms with Crippen LogP contribution in [0.15, 0.2) is 64.2 Å². The predicted molar refractivity (Wildman–Crippen MR) is 117 cm³/mol. The van der Waals surface area contributed by atoms with Crippen molar-refractivity contribution in [2.75, 3.05) is 13.1 Å². The van der Waals surface area contributed by atoms with Crippen LogP contribution in [-0.2, 0) is 10.0 Å². The lowest BCUT2D eigenvalue weighted by Crippen LogP contribution is -2.44. The van der Waals surface area contributed by atoms with Crippen LogP contribution < -0.4 is 5.32 Å². The highest BCUT2D eigenvalue weighted by molar-refractivity contribution is 7.91. The Kier molecular flexibility index (Phi) is 5.99. The SMILES string of the molecule is O=C(NCCC1CCCCN1S(=O)(=O)c1cccs1)c1ccc2ccccc2c1. The molecule has 152 valence electrons. The van der Waals surface area contributed by atoms with Crippen molar-refractivity contribution in [1.82, 2.24) is 9.62 Å². The number of amides is 1. The number of carbonyl (C=O) groups is 1. The molecule has 0 saturated carbocycles. The van der Waals surface area contributed by atoms with Gasteiger partial charge in [0.25, 0.3) is 15.9 Å². The second kappa shape index (κ2) is 8.65. The molecule has 1 amide bonds. The first-order chi connectivity index (χ1) is 14.1. The van der Waals surface area contributed by atoms with Gasteiger partial charge in [-0.25, -0.2) is 8.42 Å². The first-order valence-electron chi connectivity index (χ1n) is 9.88. The number of piperidine rings is 1. The monoisotopic (exact) mass is 428 g/mol. The van der Waals surface area contributed by atoms with E-state index in [1.165, 1.54) is 11.3 Å². The zero-order valence-electron chi connectivity index (χ0n) is 16.1. The molecular weight excluding hydrogens is 404 g/mol. The summed E-state index contributed by atoms with van der Waals surface area (Å²) in [5.41, 5.74) is 0.621. The lowest BCUT2D eigenvalue weighted by Gasteiger charge is -2.34. The highest BCUT2D eigenvalue weighted by Gasteiger charge is 2.33. The van der Waals surface area contributed by atoms with E-state index in [0.29, 0.717) is 29.3 Å². The van der Waals surface area contributed by atoms with Crippen LogP contribution in [0.25, 0.3) is 10.8 Å². The third-order valence-corrected chi connectivity index (χ3v) is 8.73. The average Bonchev–Trinajstić information content (AvgIpc) is 3.29. The van der Waals surface area contributed by atoms with Gasteiger partial charge < -0.3 is 5.32 Å². The summed E-state index contributed by atoms with van der Waals surface area (Å²) < 4.78 is 27.9. The van der Waals surface area contributed by atoms with Crippen LogP contribution in [0.3, 0.4) is 0 Å². The summed E-state index contributed by atoms with van der Waals surface area (Å²) in [7, 11) is -3.46. The molecule has 5 nitrogen and oxygen atoms in total. The topological polar surface area (TPSA) is 66.5 Å². The molecule has 0 bridgehead atoms. The molecule has 1 saturated heterocycles. The highest BCUT2D eigenvalue weighted by Crippen LogP contribution is 2.29. The maximum atomic E-state index is 13.0. The molecule has 1 N–H and O–H groups in total. The Morgan fingerprint density at radius 2 is 1.90 bits per heavy atom. The number of nitrogens with one attached hydrogen (secondary N) is 1. The number of rotatable bonds is 6. The fourth-order valence-corrected chi connectivity index (χ4v) is 6.73. The number of hydrogen-bond acceptors (Lipinski definition) is 4. The van der Waals surface area contributed by atoms with Crippen molar-refractivity contribution in [3.05, 3.63) is 65.5 Å². The molecule has 29 heavy (non-hydrogen) atoms. The van der Waals surface area contributed by atoms with Gasteiger partial charge >= 0.3 is 0 Å². The molecule has 0 radical (unpaired) electrons. The van der Waals surface area contributed by atoms with E-state index in [1.54, 1.807) is 21.8 Å². The molecule has 4 rings (SSSR count). The fraction of sp³-hybridized carbons (Fsp3) is 0.318. The van der Waals surface area contributed by atoms with Crippen LogP contribution in [0.1, 0.15) is 36.0 Å². The number of carbonyl (C=O) groups excluding carboxylic acids is 1. The first-order valence-corrected chi connectivity index (χ1v) is 12.2. The molecule has 7 heteroatoms. The summed E-state index contributed by atoms with van der Waals surface area (Å²) in [4.78, 5) is 12.6. The van der Waals surface area contributed by atoms with Gasteiger partial charge in [-0.1, -0.05) is 42.8 Å². The van der Waals surface area contributed by atoms with Gasteiger partial charge in [-0.15, -0.1) is 11.3 Å². The molecule has 1 atom stereocenters. The van der Waals surface area contributed by atoms with Crippen molar-refractivity contribution in [3.63, 3.8) is 0 Å². The Morgan fingerprint density at radius 3 is 2.69 bits per heavy atom. The van der Waals surface area contributed by atoms with Gasteiger partial charge in [-0.05, 0) is 53.6 Å². The van der Waals surface area contributed by atoms with Crippen molar-refractivity contribution >= 4 is 38.0 Å². The third-order valence-electron chi connectivity index (χ3n) is 5.41. The van der Waals surface area contributed by atoms with Gasteiger partial charge in [0.15, 0.2) is 0 Å². The maximum absolute atomic E-state index is 13.0. The van der Waals surface area contributed by atoms with Crippen LogP contribution in [0, 0.1) is 0 Å². The van der Waals surface area contributed by atoms with Crippen molar-refractivity contribution in [2.45, 2.75) is 35.9 Å². The molecule has 1 aromatic heterocycles. The van der Waals surface area contributed by atoms with Crippen molar-refractivity contribution in [2.24, 2.45) is 0 Å². The van der Waals surface area contributed by atoms with E-state index in [2.05, 4.69) is 5.32 Å².